The Kier molecular flexibility index (Phi) is 4.95. The lowest BCUT2D eigenvalue weighted by atomic mass is 9.90. The maximum Gasteiger partial charge on any atom is 0.329 e. The molecule has 5 heteroatoms. The molecule has 0 aliphatic rings. The minimum absolute atomic E-state index is 0.189. The van der Waals surface area contributed by atoms with Gasteiger partial charge in [0, 0.05) is 17.5 Å². The molecule has 0 aliphatic heterocycles. The van der Waals surface area contributed by atoms with Crippen molar-refractivity contribution in [3.63, 3.8) is 0 Å². The van der Waals surface area contributed by atoms with Crippen molar-refractivity contribution in [3.05, 3.63) is 34.9 Å². The summed E-state index contributed by atoms with van der Waals surface area (Å²) < 4.78 is 0. The van der Waals surface area contributed by atoms with Gasteiger partial charge in [0.2, 0.25) is 6.41 Å². The first-order chi connectivity index (χ1) is 8.81. The second-order valence-electron chi connectivity index (χ2n) is 4.99. The minimum Gasteiger partial charge on any atom is -0.479 e. The van der Waals surface area contributed by atoms with E-state index in [0.717, 1.165) is 5.56 Å². The summed E-state index contributed by atoms with van der Waals surface area (Å²) in [4.78, 5) is 24.1. The van der Waals surface area contributed by atoms with Gasteiger partial charge < -0.3 is 10.0 Å². The standard InChI is InChI=1S/C14H18ClNO3/c1-10(2)16(9-17)14(3,13(18)19)8-11-4-6-12(15)7-5-11/h4-7,9-10H,8H2,1-3H3,(H,18,19). The van der Waals surface area contributed by atoms with Crippen molar-refractivity contribution in [2.24, 2.45) is 0 Å². The summed E-state index contributed by atoms with van der Waals surface area (Å²) in [6.45, 7) is 5.13. The summed E-state index contributed by atoms with van der Waals surface area (Å²) in [7, 11) is 0. The number of carbonyl (C=O) groups is 2. The Bertz CT molecular complexity index is 458. The topological polar surface area (TPSA) is 57.6 Å². The number of hydrogen-bond donors (Lipinski definition) is 1. The molecule has 1 aromatic rings. The summed E-state index contributed by atoms with van der Waals surface area (Å²) in [6, 6.07) is 6.77. The molecule has 0 radical (unpaired) electrons. The molecule has 1 N–H and O–H groups in total. The fourth-order valence-corrected chi connectivity index (χ4v) is 2.21. The predicted molar refractivity (Wildman–Crippen MR) is 74.2 cm³/mol. The van der Waals surface area contributed by atoms with Crippen LogP contribution >= 0.6 is 11.6 Å². The molecule has 1 amide bonds. The van der Waals surface area contributed by atoms with Crippen molar-refractivity contribution in [1.29, 1.82) is 0 Å². The van der Waals surface area contributed by atoms with E-state index in [4.69, 9.17) is 11.6 Å². The lowest BCUT2D eigenvalue weighted by molar-refractivity contribution is -0.155. The van der Waals surface area contributed by atoms with E-state index in [1.807, 2.05) is 0 Å². The largest absolute Gasteiger partial charge is 0.479 e. The van der Waals surface area contributed by atoms with Crippen LogP contribution in [0, 0.1) is 0 Å². The quantitative estimate of drug-likeness (QED) is 0.817. The Labute approximate surface area is 118 Å². The third-order valence-corrected chi connectivity index (χ3v) is 3.41. The number of amides is 1. The summed E-state index contributed by atoms with van der Waals surface area (Å²) in [5.74, 6) is -1.02. The highest BCUT2D eigenvalue weighted by Gasteiger charge is 2.40. The molecular weight excluding hydrogens is 266 g/mol. The molecule has 1 aromatic carbocycles. The zero-order valence-corrected chi connectivity index (χ0v) is 12.0. The Morgan fingerprint density at radius 1 is 1.42 bits per heavy atom. The first-order valence-corrected chi connectivity index (χ1v) is 6.40. The van der Waals surface area contributed by atoms with Gasteiger partial charge in [0.25, 0.3) is 0 Å². The fourth-order valence-electron chi connectivity index (χ4n) is 2.08. The Morgan fingerprint density at radius 3 is 2.32 bits per heavy atom. The van der Waals surface area contributed by atoms with Crippen LogP contribution in [0.5, 0.6) is 0 Å². The second kappa shape index (κ2) is 6.06. The lowest BCUT2D eigenvalue weighted by Gasteiger charge is -2.38. The smallest absolute Gasteiger partial charge is 0.329 e. The Balaban J connectivity index is 3.09. The molecule has 4 nitrogen and oxygen atoms in total. The van der Waals surface area contributed by atoms with Crippen LogP contribution in [0.4, 0.5) is 0 Å². The van der Waals surface area contributed by atoms with E-state index in [1.54, 1.807) is 45.0 Å². The van der Waals surface area contributed by atoms with Crippen LogP contribution < -0.4 is 0 Å². The number of carbonyl (C=O) groups excluding carboxylic acids is 1. The van der Waals surface area contributed by atoms with Gasteiger partial charge in [-0.05, 0) is 38.5 Å². The number of benzene rings is 1. The Hall–Kier alpha value is -1.55. The van der Waals surface area contributed by atoms with Crippen molar-refractivity contribution in [1.82, 2.24) is 4.90 Å². The maximum atomic E-state index is 11.6. The zero-order valence-electron chi connectivity index (χ0n) is 11.3. The molecule has 0 saturated carbocycles. The highest BCUT2D eigenvalue weighted by Crippen LogP contribution is 2.23. The third-order valence-electron chi connectivity index (χ3n) is 3.16. The number of rotatable bonds is 6. The van der Waals surface area contributed by atoms with Gasteiger partial charge in [-0.15, -0.1) is 0 Å². The van der Waals surface area contributed by atoms with Gasteiger partial charge >= 0.3 is 5.97 Å². The van der Waals surface area contributed by atoms with Gasteiger partial charge in [-0.1, -0.05) is 23.7 Å². The summed E-state index contributed by atoms with van der Waals surface area (Å²) in [6.07, 6.45) is 0.825. The minimum atomic E-state index is -1.27. The average molecular weight is 284 g/mol. The van der Waals surface area contributed by atoms with Crippen molar-refractivity contribution in [3.8, 4) is 0 Å². The van der Waals surface area contributed by atoms with Crippen LogP contribution in [0.3, 0.4) is 0 Å². The lowest BCUT2D eigenvalue weighted by Crippen LogP contribution is -2.56. The summed E-state index contributed by atoms with van der Waals surface area (Å²) in [5, 5.41) is 10.1. The fraction of sp³-hybridized carbons (Fsp3) is 0.429. The van der Waals surface area contributed by atoms with Crippen LogP contribution in [-0.2, 0) is 16.0 Å². The number of aliphatic carboxylic acids is 1. The number of halogens is 1. The van der Waals surface area contributed by atoms with Gasteiger partial charge in [0.15, 0.2) is 0 Å². The molecule has 1 rings (SSSR count). The summed E-state index contributed by atoms with van der Waals surface area (Å²) >= 11 is 5.80. The van der Waals surface area contributed by atoms with E-state index in [9.17, 15) is 14.7 Å². The van der Waals surface area contributed by atoms with Crippen LogP contribution in [0.2, 0.25) is 5.02 Å². The number of hydrogen-bond acceptors (Lipinski definition) is 2. The number of carboxylic acid groups (broad SMARTS) is 1. The molecule has 0 fully saturated rings. The highest BCUT2D eigenvalue weighted by molar-refractivity contribution is 6.30. The van der Waals surface area contributed by atoms with Crippen LogP contribution in [0.25, 0.3) is 0 Å². The van der Waals surface area contributed by atoms with E-state index in [1.165, 1.54) is 4.90 Å². The van der Waals surface area contributed by atoms with Crippen molar-refractivity contribution >= 4 is 24.0 Å². The molecule has 0 aliphatic carbocycles. The molecule has 0 heterocycles. The second-order valence-corrected chi connectivity index (χ2v) is 5.43. The summed E-state index contributed by atoms with van der Waals surface area (Å²) in [5.41, 5.74) is -0.453. The SMILES string of the molecule is CC(C)N(C=O)C(C)(Cc1ccc(Cl)cc1)C(=O)O. The van der Waals surface area contributed by atoms with Crippen LogP contribution in [-0.4, -0.2) is 34.0 Å². The van der Waals surface area contributed by atoms with Crippen molar-refractivity contribution in [2.75, 3.05) is 0 Å². The highest BCUT2D eigenvalue weighted by atomic mass is 35.5. The molecule has 1 atom stereocenters. The average Bonchev–Trinajstić information content (AvgIpc) is 2.32. The van der Waals surface area contributed by atoms with E-state index in [0.29, 0.717) is 11.4 Å². The molecule has 0 saturated heterocycles. The first-order valence-electron chi connectivity index (χ1n) is 6.03. The molecule has 0 aromatic heterocycles. The zero-order chi connectivity index (χ0) is 14.6. The maximum absolute atomic E-state index is 11.6. The predicted octanol–water partition coefficient (Wildman–Crippen LogP) is 2.59. The van der Waals surface area contributed by atoms with Gasteiger partial charge in [-0.3, -0.25) is 4.79 Å². The normalized spacial score (nSPS) is 13.9. The molecule has 0 spiro atoms. The molecule has 104 valence electrons. The molecule has 1 unspecified atom stereocenters. The molecule has 19 heavy (non-hydrogen) atoms. The number of carboxylic acids is 1. The van der Waals surface area contributed by atoms with Crippen LogP contribution in [0.15, 0.2) is 24.3 Å². The van der Waals surface area contributed by atoms with E-state index >= 15 is 0 Å². The Morgan fingerprint density at radius 2 is 1.95 bits per heavy atom. The van der Waals surface area contributed by atoms with Crippen molar-refractivity contribution in [2.45, 2.75) is 38.8 Å². The number of nitrogens with zero attached hydrogens (tertiary/aromatic N) is 1. The van der Waals surface area contributed by atoms with E-state index in [2.05, 4.69) is 0 Å². The van der Waals surface area contributed by atoms with Gasteiger partial charge in [-0.25, -0.2) is 4.79 Å². The monoisotopic (exact) mass is 283 g/mol. The third kappa shape index (κ3) is 3.47. The van der Waals surface area contributed by atoms with Gasteiger partial charge in [0.1, 0.15) is 5.54 Å². The molecule has 0 bridgehead atoms. The van der Waals surface area contributed by atoms with E-state index < -0.39 is 11.5 Å². The molecular formula is C14H18ClNO3. The van der Waals surface area contributed by atoms with Gasteiger partial charge in [-0.2, -0.15) is 0 Å². The van der Waals surface area contributed by atoms with Crippen molar-refractivity contribution < 1.29 is 14.7 Å². The van der Waals surface area contributed by atoms with Gasteiger partial charge in [0.05, 0.1) is 0 Å². The van der Waals surface area contributed by atoms with Crippen LogP contribution in [0.1, 0.15) is 26.3 Å². The van der Waals surface area contributed by atoms with E-state index in [-0.39, 0.29) is 12.5 Å². The first kappa shape index (κ1) is 15.5.